The van der Waals surface area contributed by atoms with Gasteiger partial charge in [-0.15, -0.1) is 0 Å². The molecule has 0 radical (unpaired) electrons. The molecule has 1 N–H and O–H groups in total. The highest BCUT2D eigenvalue weighted by molar-refractivity contribution is 6.51. The molecule has 0 bridgehead atoms. The van der Waals surface area contributed by atoms with E-state index in [1.807, 2.05) is 32.0 Å². The second-order valence-electron chi connectivity index (χ2n) is 7.80. The highest BCUT2D eigenvalue weighted by Crippen LogP contribution is 2.42. The molecule has 1 aliphatic heterocycles. The lowest BCUT2D eigenvalue weighted by Crippen LogP contribution is -2.29. The Hall–Kier alpha value is -3.93. The van der Waals surface area contributed by atoms with Crippen molar-refractivity contribution in [1.82, 2.24) is 0 Å². The minimum atomic E-state index is -0.854. The largest absolute Gasteiger partial charge is 0.507 e. The second-order valence-corrected chi connectivity index (χ2v) is 7.80. The zero-order chi connectivity index (χ0) is 23.0. The molecule has 1 heterocycles. The van der Waals surface area contributed by atoms with Gasteiger partial charge in [-0.1, -0.05) is 18.2 Å². The van der Waals surface area contributed by atoms with Gasteiger partial charge in [0.05, 0.1) is 18.7 Å². The molecular weight excluding hydrogens is 409 g/mol. The summed E-state index contributed by atoms with van der Waals surface area (Å²) in [6.45, 7) is 3.82. The average molecular weight is 431 g/mol. The molecule has 0 aromatic heterocycles. The number of hydrogen-bond acceptors (Lipinski definition) is 4. The number of anilines is 1. The van der Waals surface area contributed by atoms with Crippen LogP contribution in [0, 0.1) is 19.7 Å². The third kappa shape index (κ3) is 3.75. The topological polar surface area (TPSA) is 66.8 Å². The number of rotatable bonds is 4. The lowest BCUT2D eigenvalue weighted by atomic mass is 9.95. The summed E-state index contributed by atoms with van der Waals surface area (Å²) in [6, 6.07) is 16.9. The van der Waals surface area contributed by atoms with Gasteiger partial charge in [0.2, 0.25) is 0 Å². The van der Waals surface area contributed by atoms with E-state index >= 15 is 0 Å². The molecule has 5 nitrogen and oxygen atoms in total. The number of methoxy groups -OCH3 is 1. The fourth-order valence-electron chi connectivity index (χ4n) is 4.05. The highest BCUT2D eigenvalue weighted by atomic mass is 19.1. The van der Waals surface area contributed by atoms with Crippen molar-refractivity contribution in [2.45, 2.75) is 19.9 Å². The molecule has 1 unspecified atom stereocenters. The number of aliphatic hydroxyl groups is 1. The Morgan fingerprint density at radius 2 is 1.53 bits per heavy atom. The Bertz CT molecular complexity index is 1210. The number of nitrogens with zero attached hydrogens (tertiary/aromatic N) is 1. The van der Waals surface area contributed by atoms with Crippen LogP contribution in [-0.4, -0.2) is 23.9 Å². The Morgan fingerprint density at radius 1 is 0.938 bits per heavy atom. The van der Waals surface area contributed by atoms with Crippen molar-refractivity contribution in [2.75, 3.05) is 12.0 Å². The number of halogens is 1. The number of aliphatic hydroxyl groups excluding tert-OH is 1. The minimum Gasteiger partial charge on any atom is -0.507 e. The van der Waals surface area contributed by atoms with Crippen LogP contribution in [0.15, 0.2) is 72.3 Å². The van der Waals surface area contributed by atoms with E-state index in [0.29, 0.717) is 17.0 Å². The van der Waals surface area contributed by atoms with Gasteiger partial charge in [0, 0.05) is 11.3 Å². The van der Waals surface area contributed by atoms with Crippen molar-refractivity contribution in [1.29, 1.82) is 0 Å². The minimum absolute atomic E-state index is 0.0501. The van der Waals surface area contributed by atoms with Crippen molar-refractivity contribution in [3.63, 3.8) is 0 Å². The Balaban J connectivity index is 1.95. The maximum absolute atomic E-state index is 13.4. The van der Waals surface area contributed by atoms with E-state index in [9.17, 15) is 19.1 Å². The molecule has 1 aliphatic rings. The van der Waals surface area contributed by atoms with Gasteiger partial charge < -0.3 is 9.84 Å². The Morgan fingerprint density at radius 3 is 2.09 bits per heavy atom. The lowest BCUT2D eigenvalue weighted by molar-refractivity contribution is -0.132. The number of benzene rings is 3. The van der Waals surface area contributed by atoms with Crippen molar-refractivity contribution in [2.24, 2.45) is 0 Å². The molecule has 1 fully saturated rings. The van der Waals surface area contributed by atoms with Gasteiger partial charge in [-0.05, 0) is 79.1 Å². The van der Waals surface area contributed by atoms with E-state index in [0.717, 1.165) is 11.1 Å². The number of carbonyl (C=O) groups is 2. The first-order chi connectivity index (χ1) is 15.3. The maximum Gasteiger partial charge on any atom is 0.300 e. The van der Waals surface area contributed by atoms with Crippen LogP contribution in [0.2, 0.25) is 0 Å². The summed E-state index contributed by atoms with van der Waals surface area (Å²) in [5.41, 5.74) is 3.27. The molecule has 0 saturated carbocycles. The third-order valence-corrected chi connectivity index (χ3v) is 5.48. The monoisotopic (exact) mass is 431 g/mol. The smallest absolute Gasteiger partial charge is 0.300 e. The average Bonchev–Trinajstić information content (AvgIpc) is 3.04. The second kappa shape index (κ2) is 8.30. The Kier molecular flexibility index (Phi) is 5.53. The van der Waals surface area contributed by atoms with Gasteiger partial charge in [0.15, 0.2) is 0 Å². The molecule has 0 spiro atoms. The van der Waals surface area contributed by atoms with Crippen molar-refractivity contribution >= 4 is 23.1 Å². The summed E-state index contributed by atoms with van der Waals surface area (Å²) < 4.78 is 18.6. The van der Waals surface area contributed by atoms with Crippen molar-refractivity contribution in [3.8, 4) is 5.75 Å². The summed E-state index contributed by atoms with van der Waals surface area (Å²) in [5, 5.41) is 11.0. The molecular formula is C26H22FNO4. The summed E-state index contributed by atoms with van der Waals surface area (Å²) in [7, 11) is 1.55. The fraction of sp³-hybridized carbons (Fsp3) is 0.154. The zero-order valence-electron chi connectivity index (χ0n) is 17.9. The van der Waals surface area contributed by atoms with E-state index in [1.165, 1.54) is 29.2 Å². The van der Waals surface area contributed by atoms with Gasteiger partial charge in [0.25, 0.3) is 11.7 Å². The quantitative estimate of drug-likeness (QED) is 0.356. The van der Waals surface area contributed by atoms with Crippen molar-refractivity contribution < 1.29 is 23.8 Å². The maximum atomic E-state index is 13.4. The van der Waals surface area contributed by atoms with Gasteiger partial charge in [-0.2, -0.15) is 0 Å². The summed E-state index contributed by atoms with van der Waals surface area (Å²) in [5.74, 6) is -1.73. The molecule has 162 valence electrons. The number of amides is 1. The van der Waals surface area contributed by atoms with Gasteiger partial charge in [-0.3, -0.25) is 14.5 Å². The molecule has 0 aliphatic carbocycles. The number of ketones is 1. The number of carbonyl (C=O) groups excluding carboxylic acids is 2. The van der Waals surface area contributed by atoms with Crippen LogP contribution < -0.4 is 9.64 Å². The number of aryl methyl sites for hydroxylation is 2. The molecule has 1 amide bonds. The van der Waals surface area contributed by atoms with Crippen LogP contribution in [0.1, 0.15) is 28.3 Å². The van der Waals surface area contributed by atoms with Crippen LogP contribution in [0.25, 0.3) is 5.76 Å². The zero-order valence-corrected chi connectivity index (χ0v) is 17.9. The molecule has 3 aromatic carbocycles. The van der Waals surface area contributed by atoms with Crippen molar-refractivity contribution in [3.05, 3.63) is 100 Å². The van der Waals surface area contributed by atoms with E-state index in [-0.39, 0.29) is 16.9 Å². The van der Waals surface area contributed by atoms with E-state index in [1.54, 1.807) is 31.4 Å². The van der Waals surface area contributed by atoms with Crippen LogP contribution in [-0.2, 0) is 9.59 Å². The summed E-state index contributed by atoms with van der Waals surface area (Å²) >= 11 is 0. The summed E-state index contributed by atoms with van der Waals surface area (Å²) in [4.78, 5) is 27.7. The van der Waals surface area contributed by atoms with E-state index in [2.05, 4.69) is 0 Å². The lowest BCUT2D eigenvalue weighted by Gasteiger charge is -2.26. The molecule has 1 saturated heterocycles. The predicted molar refractivity (Wildman–Crippen MR) is 120 cm³/mol. The molecule has 1 atom stereocenters. The first-order valence-corrected chi connectivity index (χ1v) is 10.1. The molecule has 3 aromatic rings. The van der Waals surface area contributed by atoms with Gasteiger partial charge >= 0.3 is 0 Å². The Labute approximate surface area is 185 Å². The van der Waals surface area contributed by atoms with Gasteiger partial charge in [-0.25, -0.2) is 4.39 Å². The summed E-state index contributed by atoms with van der Waals surface area (Å²) in [6.07, 6.45) is 0. The number of ether oxygens (including phenoxy) is 1. The van der Waals surface area contributed by atoms with Crippen LogP contribution in [0.4, 0.5) is 10.1 Å². The fourth-order valence-corrected chi connectivity index (χ4v) is 4.05. The third-order valence-electron chi connectivity index (χ3n) is 5.48. The van der Waals surface area contributed by atoms with Crippen LogP contribution in [0.5, 0.6) is 5.75 Å². The van der Waals surface area contributed by atoms with Gasteiger partial charge in [0.1, 0.15) is 17.3 Å². The van der Waals surface area contributed by atoms with Crippen LogP contribution >= 0.6 is 0 Å². The normalized spacial score (nSPS) is 17.6. The van der Waals surface area contributed by atoms with E-state index < -0.39 is 23.5 Å². The molecule has 6 heteroatoms. The standard InChI is InChI=1S/C26H22FNO4/c1-15-12-16(2)14-20(13-15)28-23(17-6-10-21(32-3)11-7-17)22(25(30)26(28)31)24(29)18-4-8-19(27)9-5-18/h4-14,23,29H,1-3H3/b24-22+. The predicted octanol–water partition coefficient (Wildman–Crippen LogP) is 5.08. The number of hydrogen-bond donors (Lipinski definition) is 1. The highest BCUT2D eigenvalue weighted by Gasteiger charge is 2.47. The molecule has 32 heavy (non-hydrogen) atoms. The number of Topliss-reactive ketones (excluding diaryl/α,β-unsaturated/α-hetero) is 1. The molecule has 4 rings (SSSR count). The first-order valence-electron chi connectivity index (χ1n) is 10.1. The van der Waals surface area contributed by atoms with E-state index in [4.69, 9.17) is 4.74 Å². The SMILES string of the molecule is COc1ccc(C2/C(=C(\O)c3ccc(F)cc3)C(=O)C(=O)N2c2cc(C)cc(C)c2)cc1. The van der Waals surface area contributed by atoms with Crippen LogP contribution in [0.3, 0.4) is 0 Å². The first kappa shape index (κ1) is 21.3.